The molecule has 0 heterocycles. The summed E-state index contributed by atoms with van der Waals surface area (Å²) in [4.78, 5) is 0. The van der Waals surface area contributed by atoms with Gasteiger partial charge in [0, 0.05) is 6.61 Å². The molecule has 0 spiro atoms. The van der Waals surface area contributed by atoms with Crippen molar-refractivity contribution in [1.82, 2.24) is 0 Å². The summed E-state index contributed by atoms with van der Waals surface area (Å²) < 4.78 is 6.03. The summed E-state index contributed by atoms with van der Waals surface area (Å²) in [6, 6.07) is 10.3. The van der Waals surface area contributed by atoms with Gasteiger partial charge >= 0.3 is 0 Å². The Morgan fingerprint density at radius 1 is 1.12 bits per heavy atom. The van der Waals surface area contributed by atoms with Gasteiger partial charge in [0.15, 0.2) is 0 Å². The molecule has 2 atom stereocenters. The van der Waals surface area contributed by atoms with Crippen molar-refractivity contribution < 1.29 is 9.84 Å². The standard InChI is InChI=1S/C15H24O2/c1-12(2)11-15(17-13(3)9-10-16)14-7-5-4-6-8-14/h4-8,12-13,15-16H,9-11H2,1-3H3. The molecule has 1 rings (SSSR count). The maximum absolute atomic E-state index is 8.92. The molecule has 0 radical (unpaired) electrons. The summed E-state index contributed by atoms with van der Waals surface area (Å²) in [7, 11) is 0. The average Bonchev–Trinajstić information content (AvgIpc) is 2.29. The van der Waals surface area contributed by atoms with Gasteiger partial charge in [-0.2, -0.15) is 0 Å². The molecule has 0 bridgehead atoms. The summed E-state index contributed by atoms with van der Waals surface area (Å²) in [5.41, 5.74) is 1.23. The van der Waals surface area contributed by atoms with Crippen LogP contribution in [-0.2, 0) is 4.74 Å². The van der Waals surface area contributed by atoms with E-state index < -0.39 is 0 Å². The van der Waals surface area contributed by atoms with E-state index in [-0.39, 0.29) is 18.8 Å². The third-order valence-corrected chi connectivity index (χ3v) is 2.79. The minimum Gasteiger partial charge on any atom is -0.396 e. The van der Waals surface area contributed by atoms with Gasteiger partial charge in [0.25, 0.3) is 0 Å². The van der Waals surface area contributed by atoms with E-state index in [2.05, 4.69) is 26.0 Å². The molecule has 0 aliphatic heterocycles. The Labute approximate surface area is 105 Å². The van der Waals surface area contributed by atoms with Gasteiger partial charge in [-0.15, -0.1) is 0 Å². The third kappa shape index (κ3) is 5.33. The van der Waals surface area contributed by atoms with E-state index in [0.717, 1.165) is 6.42 Å². The highest BCUT2D eigenvalue weighted by molar-refractivity contribution is 5.17. The van der Waals surface area contributed by atoms with E-state index in [1.807, 2.05) is 25.1 Å². The fourth-order valence-electron chi connectivity index (χ4n) is 1.90. The SMILES string of the molecule is CC(C)CC(OC(C)CCO)c1ccccc1. The van der Waals surface area contributed by atoms with Crippen LogP contribution in [0.3, 0.4) is 0 Å². The minimum absolute atomic E-state index is 0.101. The molecular weight excluding hydrogens is 212 g/mol. The lowest BCUT2D eigenvalue weighted by atomic mass is 9.99. The Morgan fingerprint density at radius 3 is 2.29 bits per heavy atom. The van der Waals surface area contributed by atoms with Gasteiger partial charge in [0.05, 0.1) is 12.2 Å². The van der Waals surface area contributed by atoms with Crippen LogP contribution in [0.15, 0.2) is 30.3 Å². The van der Waals surface area contributed by atoms with Crippen molar-refractivity contribution in [1.29, 1.82) is 0 Å². The average molecular weight is 236 g/mol. The summed E-state index contributed by atoms with van der Waals surface area (Å²) >= 11 is 0. The number of rotatable bonds is 7. The highest BCUT2D eigenvalue weighted by atomic mass is 16.5. The van der Waals surface area contributed by atoms with Gasteiger partial charge in [-0.25, -0.2) is 0 Å². The van der Waals surface area contributed by atoms with Gasteiger partial charge in [-0.3, -0.25) is 0 Å². The van der Waals surface area contributed by atoms with Crippen molar-refractivity contribution in [3.8, 4) is 0 Å². The highest BCUT2D eigenvalue weighted by Gasteiger charge is 2.16. The number of benzene rings is 1. The van der Waals surface area contributed by atoms with Crippen molar-refractivity contribution in [2.45, 2.75) is 45.8 Å². The van der Waals surface area contributed by atoms with E-state index in [9.17, 15) is 0 Å². The Hall–Kier alpha value is -0.860. The fraction of sp³-hybridized carbons (Fsp3) is 0.600. The number of hydrogen-bond acceptors (Lipinski definition) is 2. The van der Waals surface area contributed by atoms with E-state index in [0.29, 0.717) is 12.3 Å². The van der Waals surface area contributed by atoms with Crippen LogP contribution in [0.25, 0.3) is 0 Å². The van der Waals surface area contributed by atoms with Crippen LogP contribution in [0.5, 0.6) is 0 Å². The molecule has 0 fully saturated rings. The molecule has 1 aromatic carbocycles. The van der Waals surface area contributed by atoms with Gasteiger partial charge < -0.3 is 9.84 Å². The van der Waals surface area contributed by atoms with Crippen molar-refractivity contribution >= 4 is 0 Å². The first-order chi connectivity index (χ1) is 8.13. The predicted octanol–water partition coefficient (Wildman–Crippen LogP) is 3.56. The van der Waals surface area contributed by atoms with E-state index in [4.69, 9.17) is 9.84 Å². The lowest BCUT2D eigenvalue weighted by Gasteiger charge is -2.24. The molecule has 96 valence electrons. The number of aliphatic hydroxyl groups is 1. The van der Waals surface area contributed by atoms with Gasteiger partial charge in [-0.05, 0) is 31.2 Å². The van der Waals surface area contributed by atoms with E-state index in [1.165, 1.54) is 5.56 Å². The monoisotopic (exact) mass is 236 g/mol. The van der Waals surface area contributed by atoms with Crippen molar-refractivity contribution in [3.63, 3.8) is 0 Å². The summed E-state index contributed by atoms with van der Waals surface area (Å²) in [6.45, 7) is 6.61. The molecule has 17 heavy (non-hydrogen) atoms. The summed E-state index contributed by atoms with van der Waals surface area (Å²) in [5.74, 6) is 0.599. The largest absolute Gasteiger partial charge is 0.396 e. The Balaban J connectivity index is 2.67. The van der Waals surface area contributed by atoms with Crippen LogP contribution >= 0.6 is 0 Å². The molecule has 0 aromatic heterocycles. The first kappa shape index (κ1) is 14.2. The second-order valence-corrected chi connectivity index (χ2v) is 4.99. The number of hydrogen-bond donors (Lipinski definition) is 1. The molecule has 0 amide bonds. The second-order valence-electron chi connectivity index (χ2n) is 4.99. The molecule has 2 unspecified atom stereocenters. The Bertz CT molecular complexity index is 295. The Morgan fingerprint density at radius 2 is 1.76 bits per heavy atom. The molecular formula is C15H24O2. The maximum atomic E-state index is 8.92. The number of aliphatic hydroxyl groups excluding tert-OH is 1. The zero-order valence-corrected chi connectivity index (χ0v) is 11.1. The molecule has 1 aromatic rings. The minimum atomic E-state index is 0.101. The molecule has 0 saturated heterocycles. The second kappa shape index (κ2) is 7.46. The van der Waals surface area contributed by atoms with Gasteiger partial charge in [0.1, 0.15) is 0 Å². The quantitative estimate of drug-likeness (QED) is 0.784. The van der Waals surface area contributed by atoms with Crippen molar-refractivity contribution in [3.05, 3.63) is 35.9 Å². The van der Waals surface area contributed by atoms with Crippen LogP contribution in [0.4, 0.5) is 0 Å². The van der Waals surface area contributed by atoms with Crippen molar-refractivity contribution in [2.75, 3.05) is 6.61 Å². The summed E-state index contributed by atoms with van der Waals surface area (Å²) in [6.07, 6.45) is 1.95. The van der Waals surface area contributed by atoms with Crippen molar-refractivity contribution in [2.24, 2.45) is 5.92 Å². The lowest BCUT2D eigenvalue weighted by molar-refractivity contribution is -0.0243. The van der Waals surface area contributed by atoms with Crippen LogP contribution in [0.2, 0.25) is 0 Å². The highest BCUT2D eigenvalue weighted by Crippen LogP contribution is 2.26. The fourth-order valence-corrected chi connectivity index (χ4v) is 1.90. The lowest BCUT2D eigenvalue weighted by Crippen LogP contribution is -2.16. The first-order valence-electron chi connectivity index (χ1n) is 6.44. The normalized spacial score (nSPS) is 14.9. The maximum Gasteiger partial charge on any atom is 0.0831 e. The Kier molecular flexibility index (Phi) is 6.23. The molecule has 2 nitrogen and oxygen atoms in total. The summed E-state index contributed by atoms with van der Waals surface area (Å²) in [5, 5.41) is 8.92. The molecule has 0 saturated carbocycles. The third-order valence-electron chi connectivity index (χ3n) is 2.79. The van der Waals surface area contributed by atoms with E-state index in [1.54, 1.807) is 0 Å². The molecule has 1 N–H and O–H groups in total. The molecule has 0 aliphatic carbocycles. The van der Waals surface area contributed by atoms with Crippen LogP contribution in [0, 0.1) is 5.92 Å². The zero-order valence-electron chi connectivity index (χ0n) is 11.1. The van der Waals surface area contributed by atoms with Crippen LogP contribution < -0.4 is 0 Å². The van der Waals surface area contributed by atoms with Gasteiger partial charge in [-0.1, -0.05) is 44.2 Å². The zero-order chi connectivity index (χ0) is 12.7. The predicted molar refractivity (Wildman–Crippen MR) is 70.9 cm³/mol. The smallest absolute Gasteiger partial charge is 0.0831 e. The molecule has 2 heteroatoms. The van der Waals surface area contributed by atoms with Crippen LogP contribution in [-0.4, -0.2) is 17.8 Å². The van der Waals surface area contributed by atoms with Gasteiger partial charge in [0.2, 0.25) is 0 Å². The topological polar surface area (TPSA) is 29.5 Å². The number of ether oxygens (including phenoxy) is 1. The first-order valence-corrected chi connectivity index (χ1v) is 6.44. The molecule has 0 aliphatic rings. The van der Waals surface area contributed by atoms with Crippen LogP contribution in [0.1, 0.15) is 45.3 Å². The van der Waals surface area contributed by atoms with E-state index >= 15 is 0 Å².